The molecule has 0 spiro atoms. The Bertz CT molecular complexity index is 466. The molecule has 74 valence electrons. The van der Waals surface area contributed by atoms with Crippen LogP contribution in [0, 0.1) is 0 Å². The van der Waals surface area contributed by atoms with Crippen LogP contribution in [0.25, 0.3) is 10.1 Å². The number of nitrogen functional groups attached to an aromatic ring is 1. The summed E-state index contributed by atoms with van der Waals surface area (Å²) >= 11 is 7.42. The molecule has 0 saturated heterocycles. The summed E-state index contributed by atoms with van der Waals surface area (Å²) in [4.78, 5) is 0. The molecule has 0 amide bonds. The minimum absolute atomic E-state index is 0.474. The predicted octanol–water partition coefficient (Wildman–Crippen LogP) is 3.23. The molecule has 0 radical (unpaired) electrons. The number of ether oxygens (including phenoxy) is 1. The Hall–Kier alpha value is -0.930. The zero-order valence-corrected chi connectivity index (χ0v) is 9.28. The molecular formula is C10H10ClNOS. The van der Waals surface area contributed by atoms with Crippen LogP contribution in [0.3, 0.4) is 0 Å². The third-order valence-electron chi connectivity index (χ3n) is 2.07. The van der Waals surface area contributed by atoms with Crippen molar-refractivity contribution >= 4 is 38.7 Å². The van der Waals surface area contributed by atoms with Crippen LogP contribution in [-0.2, 0) is 5.88 Å². The average molecular weight is 228 g/mol. The molecule has 14 heavy (non-hydrogen) atoms. The molecule has 2 rings (SSSR count). The number of hydrogen-bond acceptors (Lipinski definition) is 3. The second-order valence-electron chi connectivity index (χ2n) is 3.00. The number of fused-ring (bicyclic) bond motifs is 1. The Morgan fingerprint density at radius 1 is 1.43 bits per heavy atom. The van der Waals surface area contributed by atoms with Crippen molar-refractivity contribution in [1.82, 2.24) is 0 Å². The third-order valence-corrected chi connectivity index (χ3v) is 3.40. The number of halogens is 1. The van der Waals surface area contributed by atoms with Crippen LogP contribution >= 0.6 is 22.9 Å². The van der Waals surface area contributed by atoms with Crippen molar-refractivity contribution in [2.45, 2.75) is 5.88 Å². The van der Waals surface area contributed by atoms with Crippen molar-refractivity contribution in [1.29, 1.82) is 0 Å². The Morgan fingerprint density at radius 2 is 2.21 bits per heavy atom. The SMILES string of the molecule is COc1cc2c(CCl)cc(N)cc2s1. The quantitative estimate of drug-likeness (QED) is 0.632. The van der Waals surface area contributed by atoms with Crippen molar-refractivity contribution in [3.63, 3.8) is 0 Å². The number of hydrogen-bond donors (Lipinski definition) is 1. The smallest absolute Gasteiger partial charge is 0.174 e. The van der Waals surface area contributed by atoms with Gasteiger partial charge in [0.05, 0.1) is 7.11 Å². The van der Waals surface area contributed by atoms with Gasteiger partial charge in [-0.25, -0.2) is 0 Å². The van der Waals surface area contributed by atoms with Gasteiger partial charge >= 0.3 is 0 Å². The Balaban J connectivity index is 2.71. The van der Waals surface area contributed by atoms with Crippen LogP contribution in [0.2, 0.25) is 0 Å². The number of alkyl halides is 1. The first-order chi connectivity index (χ1) is 6.74. The average Bonchev–Trinajstić information content (AvgIpc) is 2.59. The van der Waals surface area contributed by atoms with Crippen molar-refractivity contribution in [2.24, 2.45) is 0 Å². The second kappa shape index (κ2) is 3.67. The van der Waals surface area contributed by atoms with E-state index in [1.54, 1.807) is 18.4 Å². The van der Waals surface area contributed by atoms with Crippen LogP contribution in [-0.4, -0.2) is 7.11 Å². The van der Waals surface area contributed by atoms with E-state index in [-0.39, 0.29) is 0 Å². The van der Waals surface area contributed by atoms with Crippen molar-refractivity contribution in [3.05, 3.63) is 23.8 Å². The lowest BCUT2D eigenvalue weighted by Crippen LogP contribution is -1.86. The van der Waals surface area contributed by atoms with E-state index in [4.69, 9.17) is 22.1 Å². The minimum atomic E-state index is 0.474. The number of rotatable bonds is 2. The van der Waals surface area contributed by atoms with Crippen molar-refractivity contribution in [2.75, 3.05) is 12.8 Å². The van der Waals surface area contributed by atoms with E-state index in [1.807, 2.05) is 18.2 Å². The molecular weight excluding hydrogens is 218 g/mol. The highest BCUT2D eigenvalue weighted by Crippen LogP contribution is 2.35. The van der Waals surface area contributed by atoms with Gasteiger partial charge in [0.2, 0.25) is 0 Å². The number of benzene rings is 1. The number of methoxy groups -OCH3 is 1. The van der Waals surface area contributed by atoms with E-state index in [0.29, 0.717) is 5.88 Å². The molecule has 1 heterocycles. The summed E-state index contributed by atoms with van der Waals surface area (Å²) in [5, 5.41) is 2.02. The van der Waals surface area contributed by atoms with Crippen LogP contribution in [0.15, 0.2) is 18.2 Å². The molecule has 0 atom stereocenters. The molecule has 4 heteroatoms. The molecule has 0 unspecified atom stereocenters. The van der Waals surface area contributed by atoms with Gasteiger partial charge in [-0.15, -0.1) is 11.6 Å². The minimum Gasteiger partial charge on any atom is -0.487 e. The maximum atomic E-state index is 5.84. The molecule has 2 aromatic rings. The lowest BCUT2D eigenvalue weighted by atomic mass is 10.1. The van der Waals surface area contributed by atoms with Crippen LogP contribution < -0.4 is 10.5 Å². The van der Waals surface area contributed by atoms with E-state index < -0.39 is 0 Å². The van der Waals surface area contributed by atoms with Gasteiger partial charge < -0.3 is 10.5 Å². The molecule has 0 bridgehead atoms. The fraction of sp³-hybridized carbons (Fsp3) is 0.200. The highest BCUT2D eigenvalue weighted by Gasteiger charge is 2.07. The van der Waals surface area contributed by atoms with Crippen LogP contribution in [0.4, 0.5) is 5.69 Å². The maximum Gasteiger partial charge on any atom is 0.174 e. The van der Waals surface area contributed by atoms with Gasteiger partial charge in [-0.2, -0.15) is 0 Å². The summed E-state index contributed by atoms with van der Waals surface area (Å²) in [6.45, 7) is 0. The second-order valence-corrected chi connectivity index (χ2v) is 4.31. The van der Waals surface area contributed by atoms with Gasteiger partial charge in [0.1, 0.15) is 0 Å². The molecule has 0 fully saturated rings. The predicted molar refractivity (Wildman–Crippen MR) is 62.3 cm³/mol. The Labute approximate surface area is 91.2 Å². The van der Waals surface area contributed by atoms with E-state index in [0.717, 1.165) is 26.4 Å². The molecule has 0 aliphatic carbocycles. The van der Waals surface area contributed by atoms with E-state index >= 15 is 0 Å². The van der Waals surface area contributed by atoms with Crippen molar-refractivity contribution < 1.29 is 4.74 Å². The number of thiophene rings is 1. The van der Waals surface area contributed by atoms with Crippen LogP contribution in [0.5, 0.6) is 5.06 Å². The zero-order chi connectivity index (χ0) is 10.1. The molecule has 0 aliphatic heterocycles. The Morgan fingerprint density at radius 3 is 2.86 bits per heavy atom. The first-order valence-corrected chi connectivity index (χ1v) is 5.51. The zero-order valence-electron chi connectivity index (χ0n) is 7.71. The van der Waals surface area contributed by atoms with Crippen molar-refractivity contribution in [3.8, 4) is 5.06 Å². The summed E-state index contributed by atoms with van der Waals surface area (Å²) < 4.78 is 6.30. The number of anilines is 1. The van der Waals surface area contributed by atoms with E-state index in [2.05, 4.69) is 0 Å². The normalized spacial score (nSPS) is 10.7. The van der Waals surface area contributed by atoms with E-state index in [9.17, 15) is 0 Å². The molecule has 1 aromatic carbocycles. The van der Waals surface area contributed by atoms with Crippen LogP contribution in [0.1, 0.15) is 5.56 Å². The standard InChI is InChI=1S/C10H10ClNOS/c1-13-10-4-8-6(5-11)2-7(12)3-9(8)14-10/h2-4H,5,12H2,1H3. The third kappa shape index (κ3) is 1.53. The summed E-state index contributed by atoms with van der Waals surface area (Å²) in [6.07, 6.45) is 0. The van der Waals surface area contributed by atoms with Gasteiger partial charge in [0, 0.05) is 21.7 Å². The first-order valence-electron chi connectivity index (χ1n) is 4.16. The highest BCUT2D eigenvalue weighted by molar-refractivity contribution is 7.20. The van der Waals surface area contributed by atoms with Gasteiger partial charge in [-0.3, -0.25) is 0 Å². The molecule has 1 aromatic heterocycles. The summed E-state index contributed by atoms with van der Waals surface area (Å²) in [7, 11) is 1.66. The first kappa shape index (κ1) is 9.62. The van der Waals surface area contributed by atoms with Gasteiger partial charge in [0.15, 0.2) is 5.06 Å². The summed E-state index contributed by atoms with van der Waals surface area (Å²) in [6, 6.07) is 5.84. The molecule has 2 N–H and O–H groups in total. The monoisotopic (exact) mass is 227 g/mol. The summed E-state index contributed by atoms with van der Waals surface area (Å²) in [5.41, 5.74) is 7.56. The topological polar surface area (TPSA) is 35.2 Å². The maximum absolute atomic E-state index is 5.84. The summed E-state index contributed by atoms with van der Waals surface area (Å²) in [5.74, 6) is 0.474. The lowest BCUT2D eigenvalue weighted by Gasteiger charge is -1.99. The molecule has 2 nitrogen and oxygen atoms in total. The largest absolute Gasteiger partial charge is 0.487 e. The lowest BCUT2D eigenvalue weighted by molar-refractivity contribution is 0.427. The van der Waals surface area contributed by atoms with E-state index in [1.165, 1.54) is 0 Å². The Kier molecular flexibility index (Phi) is 2.52. The van der Waals surface area contributed by atoms with Gasteiger partial charge in [0.25, 0.3) is 0 Å². The number of nitrogens with two attached hydrogens (primary N) is 1. The molecule has 0 saturated carbocycles. The fourth-order valence-electron chi connectivity index (χ4n) is 1.42. The van der Waals surface area contributed by atoms with Gasteiger partial charge in [-0.1, -0.05) is 11.3 Å². The highest BCUT2D eigenvalue weighted by atomic mass is 35.5. The van der Waals surface area contributed by atoms with Gasteiger partial charge in [-0.05, 0) is 23.8 Å². The molecule has 0 aliphatic rings. The fourth-order valence-corrected chi connectivity index (χ4v) is 2.62.